The second kappa shape index (κ2) is 12.3. The van der Waals surface area contributed by atoms with Gasteiger partial charge >= 0.3 is 0 Å². The third-order valence-corrected chi connectivity index (χ3v) is 12.0. The molecule has 0 fully saturated rings. The fourth-order valence-electron chi connectivity index (χ4n) is 7.45. The van der Waals surface area contributed by atoms with E-state index in [9.17, 15) is 0 Å². The van der Waals surface area contributed by atoms with Crippen molar-refractivity contribution in [2.45, 2.75) is 19.6 Å². The van der Waals surface area contributed by atoms with Crippen LogP contribution in [0.2, 0.25) is 19.6 Å². The zero-order valence-electron chi connectivity index (χ0n) is 29.0. The Morgan fingerprint density at radius 2 is 0.824 bits per heavy atom. The van der Waals surface area contributed by atoms with Crippen LogP contribution in [0.1, 0.15) is 0 Å². The summed E-state index contributed by atoms with van der Waals surface area (Å²) in [6.45, 7) is 7.19. The van der Waals surface area contributed by atoms with Gasteiger partial charge in [-0.3, -0.25) is 0 Å². The van der Waals surface area contributed by atoms with Crippen molar-refractivity contribution < 1.29 is 4.42 Å². The van der Waals surface area contributed by atoms with Crippen LogP contribution >= 0.6 is 0 Å². The number of nitrogens with zero attached hydrogens (tertiary/aromatic N) is 2. The van der Waals surface area contributed by atoms with Crippen molar-refractivity contribution in [3.8, 4) is 0 Å². The van der Waals surface area contributed by atoms with E-state index in [0.29, 0.717) is 0 Å². The van der Waals surface area contributed by atoms with E-state index in [4.69, 9.17) is 4.42 Å². The average molecular weight is 675 g/mol. The largest absolute Gasteiger partial charge is 0.455 e. The van der Waals surface area contributed by atoms with Gasteiger partial charge in [-0.05, 0) is 95.0 Å². The van der Waals surface area contributed by atoms with Crippen molar-refractivity contribution in [3.05, 3.63) is 176 Å². The fraction of sp³-hybridized carbons (Fsp3) is 0.0638. The Morgan fingerprint density at radius 3 is 1.37 bits per heavy atom. The Balaban J connectivity index is 1.24. The molecule has 8 aromatic carbocycles. The lowest BCUT2D eigenvalue weighted by Crippen LogP contribution is -2.37. The minimum Gasteiger partial charge on any atom is -0.455 e. The van der Waals surface area contributed by atoms with Crippen molar-refractivity contribution in [1.29, 1.82) is 0 Å². The van der Waals surface area contributed by atoms with Crippen LogP contribution in [0, 0.1) is 0 Å². The first-order valence-corrected chi connectivity index (χ1v) is 21.1. The Morgan fingerprint density at radius 1 is 0.373 bits per heavy atom. The maximum atomic E-state index is 6.91. The molecule has 0 aliphatic rings. The second-order valence-corrected chi connectivity index (χ2v) is 19.3. The van der Waals surface area contributed by atoms with Crippen LogP contribution in [-0.2, 0) is 0 Å². The summed E-state index contributed by atoms with van der Waals surface area (Å²) in [5, 5.41) is 8.41. The third-order valence-electron chi connectivity index (χ3n) is 9.96. The molecule has 0 aliphatic carbocycles. The van der Waals surface area contributed by atoms with Gasteiger partial charge in [-0.15, -0.1) is 0 Å². The van der Waals surface area contributed by atoms with E-state index in [-0.39, 0.29) is 0 Å². The van der Waals surface area contributed by atoms with Gasteiger partial charge in [0.1, 0.15) is 11.2 Å². The highest BCUT2D eigenvalue weighted by Gasteiger charge is 2.21. The van der Waals surface area contributed by atoms with Crippen LogP contribution < -0.4 is 15.0 Å². The highest BCUT2D eigenvalue weighted by Crippen LogP contribution is 2.45. The van der Waals surface area contributed by atoms with Gasteiger partial charge in [0.15, 0.2) is 0 Å². The molecule has 9 rings (SSSR count). The molecular weight excluding hydrogens is 637 g/mol. The summed E-state index contributed by atoms with van der Waals surface area (Å²) in [7, 11) is -1.43. The molecule has 9 aromatic rings. The standard InChI is InChI=1S/C47H38N2OSi/c1-51(2,3)39-27-23-36(24-28-39)49(35-19-11-6-12-20-35)37-25-29-42-44(31-37)40-21-13-14-22-41(40)46-43-30-26-38(32-45(43)50-47(42)46)48(33-15-7-4-8-16-33)34-17-9-5-10-18-34/h4-32H,1-3H3. The molecule has 0 amide bonds. The summed E-state index contributed by atoms with van der Waals surface area (Å²) in [5.74, 6) is 0. The molecule has 4 heteroatoms. The molecule has 0 saturated heterocycles. The van der Waals surface area contributed by atoms with E-state index in [2.05, 4.69) is 205 Å². The van der Waals surface area contributed by atoms with E-state index in [1.807, 2.05) is 0 Å². The molecule has 51 heavy (non-hydrogen) atoms. The summed E-state index contributed by atoms with van der Waals surface area (Å²) in [6, 6.07) is 63.1. The van der Waals surface area contributed by atoms with E-state index in [0.717, 1.165) is 61.4 Å². The lowest BCUT2D eigenvalue weighted by atomic mass is 9.96. The molecule has 0 unspecified atom stereocenters. The topological polar surface area (TPSA) is 19.6 Å². The Hall–Kier alpha value is -6.10. The normalized spacial score (nSPS) is 11.8. The van der Waals surface area contributed by atoms with E-state index < -0.39 is 8.07 Å². The van der Waals surface area contributed by atoms with E-state index in [1.165, 1.54) is 21.3 Å². The maximum absolute atomic E-state index is 6.91. The lowest BCUT2D eigenvalue weighted by molar-refractivity contribution is 0.673. The fourth-order valence-corrected chi connectivity index (χ4v) is 8.61. The van der Waals surface area contributed by atoms with Crippen molar-refractivity contribution in [3.63, 3.8) is 0 Å². The van der Waals surface area contributed by atoms with E-state index >= 15 is 0 Å². The zero-order valence-corrected chi connectivity index (χ0v) is 30.0. The van der Waals surface area contributed by atoms with Gasteiger partial charge in [0.2, 0.25) is 0 Å². The molecule has 1 heterocycles. The second-order valence-electron chi connectivity index (χ2n) is 14.2. The van der Waals surface area contributed by atoms with Gasteiger partial charge in [-0.2, -0.15) is 0 Å². The number of para-hydroxylation sites is 3. The molecule has 0 spiro atoms. The highest BCUT2D eigenvalue weighted by atomic mass is 28.3. The Labute approximate surface area is 299 Å². The lowest BCUT2D eigenvalue weighted by Gasteiger charge is -2.27. The molecule has 0 radical (unpaired) electrons. The summed E-state index contributed by atoms with van der Waals surface area (Å²) >= 11 is 0. The summed E-state index contributed by atoms with van der Waals surface area (Å²) < 4.78 is 6.91. The number of hydrogen-bond acceptors (Lipinski definition) is 3. The van der Waals surface area contributed by atoms with Crippen LogP contribution in [0.3, 0.4) is 0 Å². The molecule has 3 nitrogen and oxygen atoms in total. The number of benzene rings is 8. The quantitative estimate of drug-likeness (QED) is 0.124. The number of hydrogen-bond donors (Lipinski definition) is 0. The molecule has 246 valence electrons. The molecular formula is C47H38N2OSi. The van der Waals surface area contributed by atoms with Gasteiger partial charge in [0.25, 0.3) is 0 Å². The van der Waals surface area contributed by atoms with Crippen molar-refractivity contribution in [1.82, 2.24) is 0 Å². The molecule has 0 aliphatic heterocycles. The SMILES string of the molecule is C[Si](C)(C)c1ccc(N(c2ccccc2)c2ccc3c(c2)c2ccccc2c2c4ccc(N(c5ccccc5)c5ccccc5)cc4oc32)cc1. The highest BCUT2D eigenvalue weighted by molar-refractivity contribution is 6.88. The summed E-state index contributed by atoms with van der Waals surface area (Å²) in [4.78, 5) is 4.64. The maximum Gasteiger partial charge on any atom is 0.143 e. The Bertz CT molecular complexity index is 2620. The molecule has 0 bridgehead atoms. The molecule has 1 aromatic heterocycles. The predicted molar refractivity (Wildman–Crippen MR) is 221 cm³/mol. The monoisotopic (exact) mass is 674 g/mol. The van der Waals surface area contributed by atoms with Crippen LogP contribution in [-0.4, -0.2) is 8.07 Å². The molecule has 0 saturated carbocycles. The van der Waals surface area contributed by atoms with Crippen molar-refractivity contribution >= 4 is 90.9 Å². The van der Waals surface area contributed by atoms with Crippen LogP contribution in [0.25, 0.3) is 43.5 Å². The Kier molecular flexibility index (Phi) is 7.48. The number of fused-ring (bicyclic) bond motifs is 8. The minimum absolute atomic E-state index is 0.870. The van der Waals surface area contributed by atoms with Crippen LogP contribution in [0.15, 0.2) is 180 Å². The van der Waals surface area contributed by atoms with Gasteiger partial charge in [0.05, 0.1) is 8.07 Å². The zero-order chi connectivity index (χ0) is 34.5. The van der Waals surface area contributed by atoms with Gasteiger partial charge in [-0.1, -0.05) is 116 Å². The van der Waals surface area contributed by atoms with E-state index in [1.54, 1.807) is 0 Å². The molecule has 0 N–H and O–H groups in total. The van der Waals surface area contributed by atoms with Crippen LogP contribution in [0.4, 0.5) is 34.1 Å². The third kappa shape index (κ3) is 5.45. The van der Waals surface area contributed by atoms with Gasteiger partial charge < -0.3 is 14.2 Å². The first kappa shape index (κ1) is 30.9. The minimum atomic E-state index is -1.43. The first-order valence-electron chi connectivity index (χ1n) is 17.6. The van der Waals surface area contributed by atoms with Crippen LogP contribution in [0.5, 0.6) is 0 Å². The average Bonchev–Trinajstić information content (AvgIpc) is 3.56. The van der Waals surface area contributed by atoms with Gasteiger partial charge in [-0.25, -0.2) is 0 Å². The number of furan rings is 1. The van der Waals surface area contributed by atoms with Crippen molar-refractivity contribution in [2.75, 3.05) is 9.80 Å². The first-order chi connectivity index (χ1) is 24.9. The smallest absolute Gasteiger partial charge is 0.143 e. The van der Waals surface area contributed by atoms with Gasteiger partial charge in [0, 0.05) is 56.3 Å². The summed E-state index contributed by atoms with van der Waals surface area (Å²) in [5.41, 5.74) is 8.41. The number of anilines is 6. The molecule has 0 atom stereocenters. The predicted octanol–water partition coefficient (Wildman–Crippen LogP) is 13.4. The summed E-state index contributed by atoms with van der Waals surface area (Å²) in [6.07, 6.45) is 0. The van der Waals surface area contributed by atoms with Crippen molar-refractivity contribution in [2.24, 2.45) is 0 Å². The number of rotatable bonds is 7.